The third-order valence-electron chi connectivity index (χ3n) is 6.30. The smallest absolute Gasteiger partial charge is 0.119 e. The Morgan fingerprint density at radius 3 is 2.15 bits per heavy atom. The van der Waals surface area contributed by atoms with Gasteiger partial charge in [-0.3, -0.25) is 0 Å². The van der Waals surface area contributed by atoms with Crippen molar-refractivity contribution in [3.05, 3.63) is 29.3 Å². The fraction of sp³-hybridized carbons (Fsp3) is 0.684. The fourth-order valence-electron chi connectivity index (χ4n) is 5.95. The number of methoxy groups -OCH3 is 1. The van der Waals surface area contributed by atoms with Gasteiger partial charge in [0.05, 0.1) is 7.11 Å². The lowest BCUT2D eigenvalue weighted by molar-refractivity contribution is -0.00557. The number of hydrogen-bond donors (Lipinski definition) is 0. The van der Waals surface area contributed by atoms with E-state index in [2.05, 4.69) is 25.1 Å². The van der Waals surface area contributed by atoms with Crippen molar-refractivity contribution in [1.82, 2.24) is 0 Å². The zero-order valence-electron chi connectivity index (χ0n) is 12.8. The lowest BCUT2D eigenvalue weighted by Gasteiger charge is -2.57. The Bertz CT molecular complexity index is 481. The molecular formula is C19H26O. The Morgan fingerprint density at radius 1 is 1.05 bits per heavy atom. The Labute approximate surface area is 122 Å². The van der Waals surface area contributed by atoms with E-state index in [1.54, 1.807) is 12.7 Å². The van der Waals surface area contributed by atoms with E-state index in [0.717, 1.165) is 29.9 Å². The van der Waals surface area contributed by atoms with E-state index in [4.69, 9.17) is 4.74 Å². The SMILES string of the molecule is CCc1cc(OC)ccc1C12CC3CC(CC(C3)C1)C2. The van der Waals surface area contributed by atoms with Crippen molar-refractivity contribution in [3.63, 3.8) is 0 Å². The first-order chi connectivity index (χ1) is 9.72. The normalized spacial score (nSPS) is 38.2. The summed E-state index contributed by atoms with van der Waals surface area (Å²) in [6, 6.07) is 6.87. The molecule has 1 heteroatoms. The molecule has 1 aromatic rings. The minimum absolute atomic E-state index is 0.520. The summed E-state index contributed by atoms with van der Waals surface area (Å²) < 4.78 is 5.43. The minimum atomic E-state index is 0.520. The second kappa shape index (κ2) is 4.51. The highest BCUT2D eigenvalue weighted by Crippen LogP contribution is 2.61. The summed E-state index contributed by atoms with van der Waals surface area (Å²) in [6.45, 7) is 2.29. The molecule has 1 aromatic carbocycles. The quantitative estimate of drug-likeness (QED) is 0.772. The van der Waals surface area contributed by atoms with Crippen molar-refractivity contribution in [2.24, 2.45) is 17.8 Å². The molecule has 20 heavy (non-hydrogen) atoms. The number of aryl methyl sites for hydroxylation is 1. The van der Waals surface area contributed by atoms with Crippen LogP contribution in [0.25, 0.3) is 0 Å². The Hall–Kier alpha value is -0.980. The van der Waals surface area contributed by atoms with Gasteiger partial charge in [0.2, 0.25) is 0 Å². The molecule has 4 bridgehead atoms. The second-order valence-electron chi connectivity index (χ2n) is 7.57. The van der Waals surface area contributed by atoms with E-state index >= 15 is 0 Å². The van der Waals surface area contributed by atoms with Crippen molar-refractivity contribution in [1.29, 1.82) is 0 Å². The van der Waals surface area contributed by atoms with E-state index in [1.807, 2.05) is 0 Å². The average Bonchev–Trinajstić information content (AvgIpc) is 2.45. The standard InChI is InChI=1S/C19H26O/c1-3-16-9-17(20-2)4-5-18(16)19-10-13-6-14(11-19)8-15(7-13)12-19/h4-5,9,13-15H,3,6-8,10-12H2,1-2H3. The van der Waals surface area contributed by atoms with Gasteiger partial charge in [0.15, 0.2) is 0 Å². The zero-order valence-corrected chi connectivity index (χ0v) is 12.8. The first-order valence-electron chi connectivity index (χ1n) is 8.40. The van der Waals surface area contributed by atoms with Crippen LogP contribution in [0.15, 0.2) is 18.2 Å². The van der Waals surface area contributed by atoms with Gasteiger partial charge in [0, 0.05) is 0 Å². The van der Waals surface area contributed by atoms with Crippen molar-refractivity contribution < 1.29 is 4.74 Å². The zero-order chi connectivity index (χ0) is 13.7. The Balaban J connectivity index is 1.76. The summed E-state index contributed by atoms with van der Waals surface area (Å²) in [5.41, 5.74) is 3.72. The molecule has 0 unspecified atom stereocenters. The molecule has 0 radical (unpaired) electrons. The molecule has 4 saturated carbocycles. The third-order valence-corrected chi connectivity index (χ3v) is 6.30. The number of rotatable bonds is 3. The van der Waals surface area contributed by atoms with Gasteiger partial charge in [-0.1, -0.05) is 13.0 Å². The van der Waals surface area contributed by atoms with Crippen molar-refractivity contribution >= 4 is 0 Å². The predicted molar refractivity (Wildman–Crippen MR) is 82.2 cm³/mol. The fourth-order valence-corrected chi connectivity index (χ4v) is 5.95. The van der Waals surface area contributed by atoms with Crippen molar-refractivity contribution in [2.75, 3.05) is 7.11 Å². The number of hydrogen-bond acceptors (Lipinski definition) is 1. The molecule has 0 saturated heterocycles. The molecule has 4 aliphatic carbocycles. The first kappa shape index (κ1) is 12.7. The number of benzene rings is 1. The van der Waals surface area contributed by atoms with Crippen LogP contribution in [0.5, 0.6) is 5.75 Å². The van der Waals surface area contributed by atoms with E-state index in [0.29, 0.717) is 5.41 Å². The van der Waals surface area contributed by atoms with E-state index in [1.165, 1.54) is 44.1 Å². The van der Waals surface area contributed by atoms with Crippen LogP contribution in [0, 0.1) is 17.8 Å². The van der Waals surface area contributed by atoms with Gasteiger partial charge in [-0.15, -0.1) is 0 Å². The van der Waals surface area contributed by atoms with Crippen LogP contribution < -0.4 is 4.74 Å². The Morgan fingerprint density at radius 2 is 1.65 bits per heavy atom. The molecule has 0 atom stereocenters. The molecule has 4 aliphatic rings. The molecule has 0 N–H and O–H groups in total. The van der Waals surface area contributed by atoms with Gasteiger partial charge < -0.3 is 4.74 Å². The highest BCUT2D eigenvalue weighted by molar-refractivity contribution is 5.42. The summed E-state index contributed by atoms with van der Waals surface area (Å²) in [6.07, 6.45) is 10.1. The van der Waals surface area contributed by atoms with E-state index in [9.17, 15) is 0 Å². The van der Waals surface area contributed by atoms with Crippen LogP contribution in [0.4, 0.5) is 0 Å². The lowest BCUT2D eigenvalue weighted by Crippen LogP contribution is -2.48. The molecule has 108 valence electrons. The molecule has 0 aliphatic heterocycles. The molecular weight excluding hydrogens is 244 g/mol. The topological polar surface area (TPSA) is 9.23 Å². The van der Waals surface area contributed by atoms with Crippen LogP contribution in [-0.4, -0.2) is 7.11 Å². The first-order valence-corrected chi connectivity index (χ1v) is 8.40. The van der Waals surface area contributed by atoms with Crippen LogP contribution in [-0.2, 0) is 11.8 Å². The summed E-state index contributed by atoms with van der Waals surface area (Å²) in [4.78, 5) is 0. The van der Waals surface area contributed by atoms with E-state index < -0.39 is 0 Å². The summed E-state index contributed by atoms with van der Waals surface area (Å²) in [7, 11) is 1.78. The average molecular weight is 270 g/mol. The van der Waals surface area contributed by atoms with Crippen LogP contribution >= 0.6 is 0 Å². The molecule has 0 aromatic heterocycles. The maximum Gasteiger partial charge on any atom is 0.119 e. The predicted octanol–water partition coefficient (Wildman–Crippen LogP) is 4.73. The van der Waals surface area contributed by atoms with Gasteiger partial charge >= 0.3 is 0 Å². The Kier molecular flexibility index (Phi) is 2.87. The second-order valence-corrected chi connectivity index (χ2v) is 7.57. The maximum absolute atomic E-state index is 5.43. The molecule has 0 amide bonds. The van der Waals surface area contributed by atoms with Gasteiger partial charge in [0.25, 0.3) is 0 Å². The molecule has 0 spiro atoms. The van der Waals surface area contributed by atoms with E-state index in [-0.39, 0.29) is 0 Å². The summed E-state index contributed by atoms with van der Waals surface area (Å²) >= 11 is 0. The van der Waals surface area contributed by atoms with Gasteiger partial charge in [0.1, 0.15) is 5.75 Å². The summed E-state index contributed by atoms with van der Waals surface area (Å²) in [5, 5.41) is 0. The monoisotopic (exact) mass is 270 g/mol. The van der Waals surface area contributed by atoms with Crippen LogP contribution in [0.1, 0.15) is 56.6 Å². The molecule has 1 nitrogen and oxygen atoms in total. The van der Waals surface area contributed by atoms with Crippen LogP contribution in [0.3, 0.4) is 0 Å². The summed E-state index contributed by atoms with van der Waals surface area (Å²) in [5.74, 6) is 4.09. The molecule has 4 fully saturated rings. The van der Waals surface area contributed by atoms with Gasteiger partial charge in [-0.05, 0) is 91.4 Å². The largest absolute Gasteiger partial charge is 0.497 e. The number of ether oxygens (including phenoxy) is 1. The van der Waals surface area contributed by atoms with Crippen molar-refractivity contribution in [2.45, 2.75) is 57.3 Å². The molecule has 5 rings (SSSR count). The lowest BCUT2D eigenvalue weighted by atomic mass is 9.47. The third kappa shape index (κ3) is 1.82. The minimum Gasteiger partial charge on any atom is -0.497 e. The van der Waals surface area contributed by atoms with Gasteiger partial charge in [-0.25, -0.2) is 0 Å². The van der Waals surface area contributed by atoms with Crippen molar-refractivity contribution in [3.8, 4) is 5.75 Å². The highest BCUT2D eigenvalue weighted by Gasteiger charge is 2.51. The highest BCUT2D eigenvalue weighted by atomic mass is 16.5. The molecule has 0 heterocycles. The van der Waals surface area contributed by atoms with Crippen LogP contribution in [0.2, 0.25) is 0 Å². The van der Waals surface area contributed by atoms with Gasteiger partial charge in [-0.2, -0.15) is 0 Å². The maximum atomic E-state index is 5.43.